The van der Waals surface area contributed by atoms with Gasteiger partial charge in [0.1, 0.15) is 0 Å². The normalized spacial score (nSPS) is 13.1. The Labute approximate surface area is 106 Å². The van der Waals surface area contributed by atoms with Gasteiger partial charge in [0.05, 0.1) is 6.04 Å². The summed E-state index contributed by atoms with van der Waals surface area (Å²) in [5.74, 6) is 0.253. The van der Waals surface area contributed by atoms with Gasteiger partial charge in [0.25, 0.3) is 0 Å². The van der Waals surface area contributed by atoms with Crippen LogP contribution in [0, 0.1) is 5.41 Å². The number of ketones is 1. The van der Waals surface area contributed by atoms with E-state index in [2.05, 4.69) is 0 Å². The zero-order chi connectivity index (χ0) is 12.3. The molecular formula is C15H25NO. The van der Waals surface area contributed by atoms with Crippen LogP contribution in [0.4, 0.5) is 0 Å². The Balaban J connectivity index is 0.00000256. The van der Waals surface area contributed by atoms with E-state index in [1.165, 1.54) is 0 Å². The predicted octanol–water partition coefficient (Wildman–Crippen LogP) is 3.54. The standard InChI is InChI=1S/C14H21NO.CH4/c1-14(2,3)13(16)12(15(4)5)11-9-7-6-8-10-11;/h6-10,12H,1-5H3;1H4/t12-;/m0./s1. The third kappa shape index (κ3) is 3.97. The summed E-state index contributed by atoms with van der Waals surface area (Å²) in [6, 6.07) is 9.78. The zero-order valence-electron chi connectivity index (χ0n) is 10.8. The van der Waals surface area contributed by atoms with Crippen molar-refractivity contribution < 1.29 is 4.79 Å². The highest BCUT2D eigenvalue weighted by molar-refractivity contribution is 5.89. The average molecular weight is 235 g/mol. The first-order valence-electron chi connectivity index (χ1n) is 5.59. The molecule has 0 bridgehead atoms. The molecule has 0 N–H and O–H groups in total. The molecule has 0 aromatic heterocycles. The molecule has 0 heterocycles. The van der Waals surface area contributed by atoms with Gasteiger partial charge in [-0.25, -0.2) is 0 Å². The summed E-state index contributed by atoms with van der Waals surface area (Å²) in [5.41, 5.74) is 0.748. The Morgan fingerprint density at radius 2 is 1.59 bits per heavy atom. The molecule has 0 saturated carbocycles. The van der Waals surface area contributed by atoms with Gasteiger partial charge >= 0.3 is 0 Å². The Morgan fingerprint density at radius 1 is 1.12 bits per heavy atom. The van der Waals surface area contributed by atoms with Crippen LogP contribution >= 0.6 is 0 Å². The van der Waals surface area contributed by atoms with Gasteiger partial charge in [0.2, 0.25) is 0 Å². The fourth-order valence-corrected chi connectivity index (χ4v) is 1.73. The molecule has 0 unspecified atom stereocenters. The minimum Gasteiger partial charge on any atom is -0.297 e. The Hall–Kier alpha value is -1.15. The van der Waals surface area contributed by atoms with E-state index in [1.807, 2.05) is 70.1 Å². The lowest BCUT2D eigenvalue weighted by molar-refractivity contribution is -0.131. The lowest BCUT2D eigenvalue weighted by atomic mass is 9.83. The number of likely N-dealkylation sites (N-methyl/N-ethyl adjacent to an activating group) is 1. The molecule has 17 heavy (non-hydrogen) atoms. The van der Waals surface area contributed by atoms with E-state index in [0.717, 1.165) is 5.56 Å². The molecular weight excluding hydrogens is 210 g/mol. The van der Waals surface area contributed by atoms with Gasteiger partial charge in [-0.15, -0.1) is 0 Å². The van der Waals surface area contributed by atoms with Crippen molar-refractivity contribution in [1.29, 1.82) is 0 Å². The molecule has 0 aliphatic heterocycles. The summed E-state index contributed by atoms with van der Waals surface area (Å²) in [6.07, 6.45) is 0. The summed E-state index contributed by atoms with van der Waals surface area (Å²) in [7, 11) is 3.89. The maximum absolute atomic E-state index is 12.4. The SMILES string of the molecule is C.CN(C)[C@H](C(=O)C(C)(C)C)c1ccccc1. The highest BCUT2D eigenvalue weighted by Gasteiger charge is 2.31. The summed E-state index contributed by atoms with van der Waals surface area (Å²) in [6.45, 7) is 5.90. The molecule has 1 rings (SSSR count). The Kier molecular flexibility index (Phi) is 5.56. The molecule has 2 nitrogen and oxygen atoms in total. The van der Waals surface area contributed by atoms with E-state index in [0.29, 0.717) is 0 Å². The van der Waals surface area contributed by atoms with E-state index in [1.54, 1.807) is 0 Å². The topological polar surface area (TPSA) is 20.3 Å². The van der Waals surface area contributed by atoms with Crippen molar-refractivity contribution >= 4 is 5.78 Å². The van der Waals surface area contributed by atoms with Crippen molar-refractivity contribution in [1.82, 2.24) is 4.90 Å². The molecule has 1 atom stereocenters. The first-order chi connectivity index (χ1) is 7.34. The third-order valence-electron chi connectivity index (χ3n) is 2.62. The van der Waals surface area contributed by atoms with Crippen molar-refractivity contribution in [2.24, 2.45) is 5.41 Å². The van der Waals surface area contributed by atoms with Crippen molar-refractivity contribution in [2.75, 3.05) is 14.1 Å². The minimum atomic E-state index is -0.315. The predicted molar refractivity (Wildman–Crippen MR) is 74.1 cm³/mol. The van der Waals surface area contributed by atoms with Crippen LogP contribution in [0.2, 0.25) is 0 Å². The van der Waals surface area contributed by atoms with Gasteiger partial charge in [0.15, 0.2) is 5.78 Å². The second-order valence-electron chi connectivity index (χ2n) is 5.39. The van der Waals surface area contributed by atoms with Crippen LogP contribution in [0.15, 0.2) is 30.3 Å². The van der Waals surface area contributed by atoms with Gasteiger partial charge in [-0.05, 0) is 19.7 Å². The summed E-state index contributed by atoms with van der Waals surface area (Å²) < 4.78 is 0. The second kappa shape index (κ2) is 5.97. The highest BCUT2D eigenvalue weighted by atomic mass is 16.1. The molecule has 0 aliphatic rings. The third-order valence-corrected chi connectivity index (χ3v) is 2.62. The van der Waals surface area contributed by atoms with Gasteiger partial charge in [-0.2, -0.15) is 0 Å². The molecule has 1 aromatic carbocycles. The zero-order valence-corrected chi connectivity index (χ0v) is 10.8. The van der Waals surface area contributed by atoms with Gasteiger partial charge in [-0.3, -0.25) is 9.69 Å². The molecule has 0 saturated heterocycles. The maximum atomic E-state index is 12.4. The molecule has 0 aliphatic carbocycles. The largest absolute Gasteiger partial charge is 0.297 e. The smallest absolute Gasteiger partial charge is 0.159 e. The summed E-state index contributed by atoms with van der Waals surface area (Å²) in [5, 5.41) is 0. The fraction of sp³-hybridized carbons (Fsp3) is 0.533. The van der Waals surface area contributed by atoms with Crippen LogP contribution in [0.25, 0.3) is 0 Å². The Morgan fingerprint density at radius 3 is 1.94 bits per heavy atom. The highest BCUT2D eigenvalue weighted by Crippen LogP contribution is 2.28. The van der Waals surface area contributed by atoms with Crippen molar-refractivity contribution in [3.63, 3.8) is 0 Å². The lowest BCUT2D eigenvalue weighted by Crippen LogP contribution is -2.35. The van der Waals surface area contributed by atoms with Gasteiger partial charge < -0.3 is 0 Å². The van der Waals surface area contributed by atoms with E-state index >= 15 is 0 Å². The van der Waals surface area contributed by atoms with Crippen LogP contribution < -0.4 is 0 Å². The number of benzene rings is 1. The quantitative estimate of drug-likeness (QED) is 0.798. The van der Waals surface area contributed by atoms with Gasteiger partial charge in [0, 0.05) is 5.41 Å². The number of rotatable bonds is 3. The first-order valence-corrected chi connectivity index (χ1v) is 5.59. The van der Waals surface area contributed by atoms with E-state index in [-0.39, 0.29) is 24.7 Å². The van der Waals surface area contributed by atoms with Gasteiger partial charge in [-0.1, -0.05) is 58.5 Å². The molecule has 0 radical (unpaired) electrons. The monoisotopic (exact) mass is 235 g/mol. The number of hydrogen-bond acceptors (Lipinski definition) is 2. The number of Topliss-reactive ketones (excluding diaryl/α,β-unsaturated/α-hetero) is 1. The number of carbonyl (C=O) groups excluding carboxylic acids is 1. The maximum Gasteiger partial charge on any atom is 0.159 e. The van der Waals surface area contributed by atoms with E-state index < -0.39 is 0 Å². The number of nitrogens with zero attached hydrogens (tertiary/aromatic N) is 1. The second-order valence-corrected chi connectivity index (χ2v) is 5.39. The Bertz CT molecular complexity index is 349. The summed E-state index contributed by atoms with van der Waals surface area (Å²) >= 11 is 0. The molecule has 1 aromatic rings. The van der Waals surface area contributed by atoms with Crippen molar-refractivity contribution in [3.05, 3.63) is 35.9 Å². The molecule has 0 amide bonds. The molecule has 2 heteroatoms. The van der Waals surface area contributed by atoms with E-state index in [9.17, 15) is 4.79 Å². The molecule has 0 fully saturated rings. The average Bonchev–Trinajstić information content (AvgIpc) is 2.17. The number of carbonyl (C=O) groups is 1. The fourth-order valence-electron chi connectivity index (χ4n) is 1.73. The first kappa shape index (κ1) is 15.9. The van der Waals surface area contributed by atoms with Crippen LogP contribution in [0.3, 0.4) is 0 Å². The summed E-state index contributed by atoms with van der Waals surface area (Å²) in [4.78, 5) is 14.3. The van der Waals surface area contributed by atoms with Crippen molar-refractivity contribution in [2.45, 2.75) is 34.2 Å². The van der Waals surface area contributed by atoms with Crippen LogP contribution in [0.1, 0.15) is 39.8 Å². The van der Waals surface area contributed by atoms with Crippen LogP contribution in [0.5, 0.6) is 0 Å². The lowest BCUT2D eigenvalue weighted by Gasteiger charge is -2.29. The van der Waals surface area contributed by atoms with Crippen LogP contribution in [-0.4, -0.2) is 24.8 Å². The molecule has 0 spiro atoms. The number of hydrogen-bond donors (Lipinski definition) is 0. The van der Waals surface area contributed by atoms with E-state index in [4.69, 9.17) is 0 Å². The minimum absolute atomic E-state index is 0. The van der Waals surface area contributed by atoms with Crippen LogP contribution in [-0.2, 0) is 4.79 Å². The van der Waals surface area contributed by atoms with Crippen molar-refractivity contribution in [3.8, 4) is 0 Å². The molecule has 96 valence electrons.